The molecule has 1 aliphatic carbocycles. The molecule has 39 heavy (non-hydrogen) atoms. The van der Waals surface area contributed by atoms with Gasteiger partial charge in [-0.2, -0.15) is 26.3 Å². The molecule has 214 valence electrons. The molecule has 2 aromatic rings. The Morgan fingerprint density at radius 2 is 1.51 bits per heavy atom. The topological polar surface area (TPSA) is 146 Å². The molecule has 17 heteroatoms. The third-order valence-corrected chi connectivity index (χ3v) is 5.51. The van der Waals surface area contributed by atoms with Gasteiger partial charge in [0.25, 0.3) is 5.91 Å². The third-order valence-electron chi connectivity index (χ3n) is 5.51. The number of amides is 1. The summed E-state index contributed by atoms with van der Waals surface area (Å²) in [5.41, 5.74) is 2.13. The molecule has 1 saturated carbocycles. The maximum absolute atomic E-state index is 13.9. The normalized spacial score (nSPS) is 15.2. The van der Waals surface area contributed by atoms with Gasteiger partial charge in [0.05, 0.1) is 17.5 Å². The summed E-state index contributed by atoms with van der Waals surface area (Å²) < 4.78 is 77.3. The van der Waals surface area contributed by atoms with E-state index >= 15 is 0 Å². The first-order valence-corrected chi connectivity index (χ1v) is 11.2. The lowest BCUT2D eigenvalue weighted by molar-refractivity contribution is -0.193. The summed E-state index contributed by atoms with van der Waals surface area (Å²) in [6.07, 6.45) is -1.15. The van der Waals surface area contributed by atoms with E-state index in [1.165, 1.54) is 31.5 Å². The Kier molecular flexibility index (Phi) is 10.5. The van der Waals surface area contributed by atoms with E-state index in [0.717, 1.165) is 23.3 Å². The number of pyridine rings is 1. The van der Waals surface area contributed by atoms with Gasteiger partial charge in [0, 0.05) is 37.3 Å². The SMILES string of the molecule is O=C(O)C(F)(F)F.O=C(O)C(F)(F)F.O=C(c1ccncc1F)N1CCc2ncnc(NC3CCC3)c2CC1. The van der Waals surface area contributed by atoms with E-state index in [0.29, 0.717) is 32.0 Å². The van der Waals surface area contributed by atoms with Crippen molar-refractivity contribution in [3.05, 3.63) is 47.4 Å². The van der Waals surface area contributed by atoms with Crippen molar-refractivity contribution in [2.75, 3.05) is 18.4 Å². The molecule has 2 aromatic heterocycles. The molecule has 3 heterocycles. The van der Waals surface area contributed by atoms with Gasteiger partial charge in [-0.1, -0.05) is 0 Å². The number of anilines is 1. The van der Waals surface area contributed by atoms with Crippen LogP contribution in [-0.4, -0.2) is 79.4 Å². The van der Waals surface area contributed by atoms with Crippen molar-refractivity contribution in [2.45, 2.75) is 50.5 Å². The summed E-state index contributed by atoms with van der Waals surface area (Å²) in [6, 6.07) is 1.92. The zero-order valence-corrected chi connectivity index (χ0v) is 19.9. The molecule has 0 radical (unpaired) electrons. The van der Waals surface area contributed by atoms with E-state index in [1.54, 1.807) is 11.2 Å². The predicted octanol–water partition coefficient (Wildman–Crippen LogP) is 3.48. The number of fused-ring (bicyclic) bond motifs is 1. The fraction of sp³-hybridized carbons (Fsp3) is 0.455. The second-order valence-electron chi connectivity index (χ2n) is 8.17. The summed E-state index contributed by atoms with van der Waals surface area (Å²) in [7, 11) is 0. The lowest BCUT2D eigenvalue weighted by Gasteiger charge is -2.28. The molecule has 0 bridgehead atoms. The van der Waals surface area contributed by atoms with Crippen LogP contribution in [0.3, 0.4) is 0 Å². The smallest absolute Gasteiger partial charge is 0.475 e. The van der Waals surface area contributed by atoms with E-state index in [4.69, 9.17) is 19.8 Å². The van der Waals surface area contributed by atoms with Crippen LogP contribution in [0, 0.1) is 5.82 Å². The highest BCUT2D eigenvalue weighted by Crippen LogP contribution is 2.27. The van der Waals surface area contributed by atoms with E-state index in [1.807, 2.05) is 0 Å². The average Bonchev–Trinajstić information content (AvgIpc) is 3.04. The highest BCUT2D eigenvalue weighted by Gasteiger charge is 2.39. The zero-order chi connectivity index (χ0) is 29.4. The summed E-state index contributed by atoms with van der Waals surface area (Å²) in [4.78, 5) is 44.6. The number of carboxylic acids is 2. The minimum Gasteiger partial charge on any atom is -0.475 e. The van der Waals surface area contributed by atoms with E-state index in [2.05, 4.69) is 20.3 Å². The van der Waals surface area contributed by atoms with Crippen LogP contribution >= 0.6 is 0 Å². The number of rotatable bonds is 3. The van der Waals surface area contributed by atoms with Crippen molar-refractivity contribution in [2.24, 2.45) is 0 Å². The number of nitrogens with zero attached hydrogens (tertiary/aromatic N) is 4. The number of aromatic nitrogens is 3. The molecule has 0 saturated heterocycles. The van der Waals surface area contributed by atoms with Crippen LogP contribution in [0.5, 0.6) is 0 Å². The Bertz CT molecular complexity index is 1150. The predicted molar refractivity (Wildman–Crippen MR) is 118 cm³/mol. The molecule has 4 rings (SSSR count). The Labute approximate surface area is 215 Å². The number of alkyl halides is 6. The molecule has 3 N–H and O–H groups in total. The number of carbonyl (C=O) groups is 3. The number of hydrogen-bond donors (Lipinski definition) is 3. The van der Waals surface area contributed by atoms with Crippen molar-refractivity contribution < 1.29 is 55.3 Å². The summed E-state index contributed by atoms with van der Waals surface area (Å²) >= 11 is 0. The van der Waals surface area contributed by atoms with Gasteiger partial charge in [0.1, 0.15) is 12.1 Å². The Hall–Kier alpha value is -4.05. The van der Waals surface area contributed by atoms with Gasteiger partial charge in [-0.25, -0.2) is 23.9 Å². The molecule has 10 nitrogen and oxygen atoms in total. The molecular formula is C22H22F7N5O5. The lowest BCUT2D eigenvalue weighted by Crippen LogP contribution is -2.34. The van der Waals surface area contributed by atoms with Gasteiger partial charge in [0.2, 0.25) is 0 Å². The quantitative estimate of drug-likeness (QED) is 0.473. The van der Waals surface area contributed by atoms with Crippen molar-refractivity contribution >= 4 is 23.7 Å². The van der Waals surface area contributed by atoms with Gasteiger partial charge in [0.15, 0.2) is 5.82 Å². The van der Waals surface area contributed by atoms with Crippen LogP contribution in [0.2, 0.25) is 0 Å². The standard InChI is InChI=1S/C18H20FN5O.2C2HF3O2/c19-15-10-20-7-4-13(15)18(25)24-8-5-14-16(6-9-24)21-11-22-17(14)23-12-2-1-3-12;2*3-2(4,5)1(6)7/h4,7,10-12H,1-3,5-6,8-9H2,(H,21,22,23);2*(H,6,7). The molecule has 0 atom stereocenters. The monoisotopic (exact) mass is 569 g/mol. The number of halogens is 7. The average molecular weight is 569 g/mol. The highest BCUT2D eigenvalue weighted by molar-refractivity contribution is 5.94. The Morgan fingerprint density at radius 3 is 2.00 bits per heavy atom. The van der Waals surface area contributed by atoms with E-state index in [9.17, 15) is 35.5 Å². The number of hydrogen-bond acceptors (Lipinski definition) is 7. The lowest BCUT2D eigenvalue weighted by atomic mass is 9.93. The fourth-order valence-corrected chi connectivity index (χ4v) is 3.32. The fourth-order valence-electron chi connectivity index (χ4n) is 3.32. The van der Waals surface area contributed by atoms with Crippen LogP contribution in [0.4, 0.5) is 36.6 Å². The van der Waals surface area contributed by atoms with Crippen LogP contribution in [0.1, 0.15) is 40.9 Å². The van der Waals surface area contributed by atoms with Crippen LogP contribution in [-0.2, 0) is 22.4 Å². The maximum Gasteiger partial charge on any atom is 0.490 e. The second kappa shape index (κ2) is 13.1. The first-order chi connectivity index (χ1) is 18.1. The number of aliphatic carboxylic acids is 2. The largest absolute Gasteiger partial charge is 0.490 e. The number of nitrogens with one attached hydrogen (secondary N) is 1. The summed E-state index contributed by atoms with van der Waals surface area (Å²) in [6.45, 7) is 1.05. The van der Waals surface area contributed by atoms with Gasteiger partial charge in [-0.05, 0) is 31.7 Å². The molecule has 1 aliphatic heterocycles. The van der Waals surface area contributed by atoms with Crippen LogP contribution in [0.15, 0.2) is 24.8 Å². The van der Waals surface area contributed by atoms with E-state index < -0.39 is 30.1 Å². The van der Waals surface area contributed by atoms with Crippen molar-refractivity contribution in [1.29, 1.82) is 0 Å². The summed E-state index contributed by atoms with van der Waals surface area (Å²) in [5.74, 6) is -5.50. The van der Waals surface area contributed by atoms with Gasteiger partial charge in [-0.15, -0.1) is 0 Å². The maximum atomic E-state index is 13.9. The molecule has 0 unspecified atom stereocenters. The van der Waals surface area contributed by atoms with Crippen molar-refractivity contribution in [1.82, 2.24) is 19.9 Å². The molecule has 1 fully saturated rings. The minimum absolute atomic E-state index is 0.0693. The second-order valence-corrected chi connectivity index (χ2v) is 8.17. The molecule has 0 aromatic carbocycles. The van der Waals surface area contributed by atoms with E-state index in [-0.39, 0.29) is 11.5 Å². The number of carbonyl (C=O) groups excluding carboxylic acids is 1. The molecule has 0 spiro atoms. The van der Waals surface area contributed by atoms with Gasteiger partial charge >= 0.3 is 24.3 Å². The Balaban J connectivity index is 0.000000317. The molecule has 1 amide bonds. The van der Waals surface area contributed by atoms with Gasteiger partial charge < -0.3 is 20.4 Å². The van der Waals surface area contributed by atoms with Crippen molar-refractivity contribution in [3.63, 3.8) is 0 Å². The Morgan fingerprint density at radius 1 is 0.949 bits per heavy atom. The first-order valence-electron chi connectivity index (χ1n) is 11.2. The zero-order valence-electron chi connectivity index (χ0n) is 19.9. The highest BCUT2D eigenvalue weighted by atomic mass is 19.4. The summed E-state index contributed by atoms with van der Waals surface area (Å²) in [5, 5.41) is 17.7. The minimum atomic E-state index is -5.08. The first kappa shape index (κ1) is 31.2. The van der Waals surface area contributed by atoms with Crippen LogP contribution in [0.25, 0.3) is 0 Å². The van der Waals surface area contributed by atoms with Gasteiger partial charge in [-0.3, -0.25) is 9.78 Å². The van der Waals surface area contributed by atoms with Crippen molar-refractivity contribution in [3.8, 4) is 0 Å². The molecule has 2 aliphatic rings. The third kappa shape index (κ3) is 9.33. The van der Waals surface area contributed by atoms with Crippen LogP contribution < -0.4 is 5.32 Å². The number of carboxylic acid groups (broad SMARTS) is 2. The molecular weight excluding hydrogens is 547 g/mol.